The third kappa shape index (κ3) is 3.87. The molecule has 0 saturated heterocycles. The van der Waals surface area contributed by atoms with Crippen molar-refractivity contribution in [1.82, 2.24) is 9.97 Å². The van der Waals surface area contributed by atoms with Crippen LogP contribution in [0.15, 0.2) is 53.4 Å². The molecule has 0 spiro atoms. The molecule has 1 atom stereocenters. The summed E-state index contributed by atoms with van der Waals surface area (Å²) in [6.07, 6.45) is 0.815. The predicted molar refractivity (Wildman–Crippen MR) is 105 cm³/mol. The van der Waals surface area contributed by atoms with Crippen LogP contribution in [0.5, 0.6) is 0 Å². The maximum Gasteiger partial charge on any atom is 0.200 e. The van der Waals surface area contributed by atoms with Crippen LogP contribution in [0.4, 0.5) is 5.82 Å². The van der Waals surface area contributed by atoms with E-state index in [-0.39, 0.29) is 10.6 Å². The highest BCUT2D eigenvalue weighted by molar-refractivity contribution is 7.92. The van der Waals surface area contributed by atoms with Crippen LogP contribution >= 0.6 is 11.6 Å². The highest BCUT2D eigenvalue weighted by Gasteiger charge is 2.33. The zero-order valence-electron chi connectivity index (χ0n) is 14.6. The summed E-state index contributed by atoms with van der Waals surface area (Å²) in [6.45, 7) is 2.56. The average molecular weight is 401 g/mol. The molecule has 1 aromatic heterocycles. The summed E-state index contributed by atoms with van der Waals surface area (Å²) in [4.78, 5) is 8.96. The molecule has 0 aliphatic carbocycles. The fourth-order valence-corrected chi connectivity index (χ4v) is 4.12. The first kappa shape index (κ1) is 19.1. The van der Waals surface area contributed by atoms with E-state index < -0.39 is 15.1 Å². The zero-order chi connectivity index (χ0) is 19.4. The van der Waals surface area contributed by atoms with Gasteiger partial charge in [-0.1, -0.05) is 30.7 Å². The summed E-state index contributed by atoms with van der Waals surface area (Å²) in [5, 5.41) is 11.7. The van der Waals surface area contributed by atoms with Gasteiger partial charge in [0.2, 0.25) is 9.84 Å². The van der Waals surface area contributed by atoms with Gasteiger partial charge in [-0.3, -0.25) is 0 Å². The quantitative estimate of drug-likeness (QED) is 0.667. The molecule has 0 bridgehead atoms. The van der Waals surface area contributed by atoms with Crippen molar-refractivity contribution >= 4 is 38.3 Å². The molecule has 0 amide bonds. The maximum absolute atomic E-state index is 13.1. The van der Waals surface area contributed by atoms with Crippen LogP contribution < -0.4 is 5.32 Å². The number of nitriles is 1. The molecule has 27 heavy (non-hydrogen) atoms. The van der Waals surface area contributed by atoms with Gasteiger partial charge in [0.15, 0.2) is 11.1 Å². The number of hydrogen-bond acceptors (Lipinski definition) is 6. The van der Waals surface area contributed by atoms with Crippen LogP contribution in [-0.2, 0) is 9.84 Å². The number of para-hydroxylation sites is 2. The summed E-state index contributed by atoms with van der Waals surface area (Å²) < 4.78 is 26.2. The lowest BCUT2D eigenvalue weighted by atomic mass is 10.2. The van der Waals surface area contributed by atoms with Gasteiger partial charge in [-0.25, -0.2) is 18.4 Å². The molecule has 3 aromatic rings. The van der Waals surface area contributed by atoms with Crippen molar-refractivity contribution in [2.24, 2.45) is 0 Å². The lowest BCUT2D eigenvalue weighted by molar-refractivity contribution is 0.590. The molecule has 0 saturated carbocycles. The Morgan fingerprint density at radius 3 is 2.33 bits per heavy atom. The number of hydrogen-bond donors (Lipinski definition) is 1. The van der Waals surface area contributed by atoms with E-state index in [1.54, 1.807) is 18.2 Å². The molecular formula is C19H17ClN4O2S. The fourth-order valence-electron chi connectivity index (χ4n) is 2.61. The summed E-state index contributed by atoms with van der Waals surface area (Å²) in [6, 6.07) is 14.8. The molecule has 0 radical (unpaired) electrons. The lowest BCUT2D eigenvalue weighted by Gasteiger charge is -2.16. The Morgan fingerprint density at radius 1 is 1.11 bits per heavy atom. The minimum absolute atomic E-state index is 0.00912. The van der Waals surface area contributed by atoms with Crippen LogP contribution in [0.2, 0.25) is 5.02 Å². The zero-order valence-corrected chi connectivity index (χ0v) is 16.1. The summed E-state index contributed by atoms with van der Waals surface area (Å²) >= 11 is 5.85. The van der Waals surface area contributed by atoms with Crippen molar-refractivity contribution in [2.45, 2.75) is 23.5 Å². The fraction of sp³-hybridized carbons (Fsp3) is 0.211. The molecule has 1 N–H and O–H groups in total. The monoisotopic (exact) mass is 400 g/mol. The van der Waals surface area contributed by atoms with Gasteiger partial charge in [0.25, 0.3) is 0 Å². The standard InChI is InChI=1S/C19H17ClN4O2S/c1-2-11-22-19-18(23-15-5-3-4-6-16(15)24-19)17(12-21)27(25,26)14-9-7-13(20)8-10-14/h3-10,17H,2,11H2,1H3,(H,22,24)/t17-/m1/s1. The van der Waals surface area contributed by atoms with Crippen molar-refractivity contribution in [2.75, 3.05) is 11.9 Å². The number of fused-ring (bicyclic) bond motifs is 1. The highest BCUT2D eigenvalue weighted by atomic mass is 35.5. The van der Waals surface area contributed by atoms with E-state index in [0.717, 1.165) is 6.42 Å². The largest absolute Gasteiger partial charge is 0.368 e. The Kier molecular flexibility index (Phi) is 5.59. The van der Waals surface area contributed by atoms with E-state index in [1.807, 2.05) is 19.1 Å². The highest BCUT2D eigenvalue weighted by Crippen LogP contribution is 2.32. The van der Waals surface area contributed by atoms with Crippen LogP contribution in [0.3, 0.4) is 0 Å². The number of sulfone groups is 1. The molecule has 138 valence electrons. The first-order chi connectivity index (χ1) is 13.0. The van der Waals surface area contributed by atoms with Gasteiger partial charge in [0, 0.05) is 11.6 Å². The minimum Gasteiger partial charge on any atom is -0.368 e. The van der Waals surface area contributed by atoms with Crippen molar-refractivity contribution in [3.63, 3.8) is 0 Å². The van der Waals surface area contributed by atoms with Gasteiger partial charge in [-0.2, -0.15) is 5.26 Å². The second-order valence-electron chi connectivity index (χ2n) is 5.88. The van der Waals surface area contributed by atoms with E-state index in [4.69, 9.17) is 11.6 Å². The molecule has 1 heterocycles. The summed E-state index contributed by atoms with van der Waals surface area (Å²) in [5.74, 6) is 0.305. The number of anilines is 1. The number of nitrogens with one attached hydrogen (secondary N) is 1. The molecule has 2 aromatic carbocycles. The Labute approximate surface area is 162 Å². The summed E-state index contributed by atoms with van der Waals surface area (Å²) in [5.41, 5.74) is 1.25. The molecular weight excluding hydrogens is 384 g/mol. The van der Waals surface area contributed by atoms with Crippen LogP contribution in [-0.4, -0.2) is 24.9 Å². The van der Waals surface area contributed by atoms with Gasteiger partial charge in [0.05, 0.1) is 22.0 Å². The van der Waals surface area contributed by atoms with E-state index in [0.29, 0.717) is 28.4 Å². The van der Waals surface area contributed by atoms with Gasteiger partial charge in [-0.05, 0) is 42.8 Å². The number of aromatic nitrogens is 2. The Hall–Kier alpha value is -2.69. The van der Waals surface area contributed by atoms with Crippen molar-refractivity contribution in [3.05, 3.63) is 59.2 Å². The van der Waals surface area contributed by atoms with Gasteiger partial charge in [-0.15, -0.1) is 0 Å². The molecule has 8 heteroatoms. The van der Waals surface area contributed by atoms with Gasteiger partial charge in [0.1, 0.15) is 5.69 Å². The van der Waals surface area contributed by atoms with Gasteiger partial charge >= 0.3 is 0 Å². The SMILES string of the molecule is CCCNc1nc2ccccc2nc1[C@@H](C#N)S(=O)(=O)c1ccc(Cl)cc1. The predicted octanol–water partition coefficient (Wildman–Crippen LogP) is 4.14. The van der Waals surface area contributed by atoms with E-state index >= 15 is 0 Å². The molecule has 0 aliphatic rings. The first-order valence-electron chi connectivity index (χ1n) is 8.37. The number of rotatable bonds is 6. The molecule has 6 nitrogen and oxygen atoms in total. The Bertz CT molecular complexity index is 1110. The lowest BCUT2D eigenvalue weighted by Crippen LogP contribution is -2.17. The first-order valence-corrected chi connectivity index (χ1v) is 10.3. The molecule has 0 aliphatic heterocycles. The van der Waals surface area contributed by atoms with Crippen molar-refractivity contribution in [1.29, 1.82) is 5.26 Å². The van der Waals surface area contributed by atoms with Crippen LogP contribution in [0, 0.1) is 11.3 Å². The number of nitrogens with zero attached hydrogens (tertiary/aromatic N) is 3. The van der Waals surface area contributed by atoms with E-state index in [2.05, 4.69) is 15.3 Å². The van der Waals surface area contributed by atoms with Crippen LogP contribution in [0.25, 0.3) is 11.0 Å². The smallest absolute Gasteiger partial charge is 0.200 e. The van der Waals surface area contributed by atoms with Crippen LogP contribution in [0.1, 0.15) is 24.3 Å². The molecule has 3 rings (SSSR count). The third-order valence-electron chi connectivity index (χ3n) is 3.96. The number of halogens is 1. The van der Waals surface area contributed by atoms with E-state index in [1.165, 1.54) is 24.3 Å². The topological polar surface area (TPSA) is 95.7 Å². The second kappa shape index (κ2) is 7.91. The second-order valence-corrected chi connectivity index (χ2v) is 8.35. The Balaban J connectivity index is 2.17. The third-order valence-corrected chi connectivity index (χ3v) is 6.09. The number of benzene rings is 2. The minimum atomic E-state index is -4.00. The van der Waals surface area contributed by atoms with Gasteiger partial charge < -0.3 is 5.32 Å². The van der Waals surface area contributed by atoms with Crippen molar-refractivity contribution < 1.29 is 8.42 Å². The molecule has 0 fully saturated rings. The average Bonchev–Trinajstić information content (AvgIpc) is 2.67. The van der Waals surface area contributed by atoms with Crippen molar-refractivity contribution in [3.8, 4) is 6.07 Å². The van der Waals surface area contributed by atoms with E-state index in [9.17, 15) is 13.7 Å². The maximum atomic E-state index is 13.1. The summed E-state index contributed by atoms with van der Waals surface area (Å²) in [7, 11) is -4.00. The Morgan fingerprint density at radius 2 is 1.74 bits per heavy atom. The molecule has 0 unspecified atom stereocenters. The normalized spacial score (nSPS) is 12.5.